The van der Waals surface area contributed by atoms with Crippen molar-refractivity contribution in [1.29, 1.82) is 0 Å². The SMILES string of the molecule is COc1cc(OC(C)=O)c2c(=O)c(OC)c(-c3ccc(O)c(OC)c3)oc2c1. The molecular formula is C20H18O8. The standard InChI is InChI=1S/C20H18O8/c1-10(21)27-15-8-12(24-2)9-16-17(15)18(23)20(26-4)19(28-16)11-5-6-13(22)14(7-11)25-3/h5-9,22H,1-4H3. The molecule has 0 amide bonds. The molecule has 146 valence electrons. The van der Waals surface area contributed by atoms with E-state index in [-0.39, 0.29) is 39.7 Å². The molecule has 0 unspecified atom stereocenters. The van der Waals surface area contributed by atoms with E-state index in [1.807, 2.05) is 0 Å². The molecular weight excluding hydrogens is 368 g/mol. The van der Waals surface area contributed by atoms with Crippen LogP contribution in [0.1, 0.15) is 6.92 Å². The summed E-state index contributed by atoms with van der Waals surface area (Å²) in [5.74, 6) is -0.0739. The van der Waals surface area contributed by atoms with Gasteiger partial charge in [0.1, 0.15) is 22.5 Å². The number of hydrogen-bond donors (Lipinski definition) is 1. The van der Waals surface area contributed by atoms with Gasteiger partial charge in [-0.1, -0.05) is 0 Å². The molecule has 0 aliphatic carbocycles. The fourth-order valence-corrected chi connectivity index (χ4v) is 2.79. The molecule has 1 aromatic heterocycles. The molecule has 28 heavy (non-hydrogen) atoms. The Morgan fingerprint density at radius 1 is 1.00 bits per heavy atom. The minimum atomic E-state index is -0.597. The number of aromatic hydroxyl groups is 1. The number of ether oxygens (including phenoxy) is 4. The lowest BCUT2D eigenvalue weighted by atomic mass is 10.1. The van der Waals surface area contributed by atoms with Crippen LogP contribution in [0.15, 0.2) is 39.5 Å². The van der Waals surface area contributed by atoms with Gasteiger partial charge in [-0.15, -0.1) is 0 Å². The van der Waals surface area contributed by atoms with E-state index < -0.39 is 11.4 Å². The number of rotatable bonds is 5. The van der Waals surface area contributed by atoms with Gasteiger partial charge in [-0.05, 0) is 18.2 Å². The lowest BCUT2D eigenvalue weighted by Crippen LogP contribution is -2.11. The highest BCUT2D eigenvalue weighted by Gasteiger charge is 2.22. The van der Waals surface area contributed by atoms with Crippen molar-refractivity contribution in [2.24, 2.45) is 0 Å². The monoisotopic (exact) mass is 386 g/mol. The first-order valence-electron chi connectivity index (χ1n) is 8.18. The third-order valence-electron chi connectivity index (χ3n) is 4.03. The van der Waals surface area contributed by atoms with Crippen LogP contribution < -0.4 is 24.4 Å². The van der Waals surface area contributed by atoms with Crippen molar-refractivity contribution in [2.45, 2.75) is 6.92 Å². The zero-order valence-electron chi connectivity index (χ0n) is 15.7. The van der Waals surface area contributed by atoms with Crippen molar-refractivity contribution in [3.05, 3.63) is 40.6 Å². The van der Waals surface area contributed by atoms with Gasteiger partial charge in [-0.2, -0.15) is 0 Å². The summed E-state index contributed by atoms with van der Waals surface area (Å²) in [6, 6.07) is 7.40. The molecule has 0 radical (unpaired) electrons. The van der Waals surface area contributed by atoms with Crippen LogP contribution in [0.2, 0.25) is 0 Å². The predicted molar refractivity (Wildman–Crippen MR) is 101 cm³/mol. The van der Waals surface area contributed by atoms with Crippen LogP contribution in [-0.4, -0.2) is 32.4 Å². The summed E-state index contributed by atoms with van der Waals surface area (Å²) in [5.41, 5.74) is 0.0653. The van der Waals surface area contributed by atoms with Crippen LogP contribution in [0.4, 0.5) is 0 Å². The maximum atomic E-state index is 13.1. The van der Waals surface area contributed by atoms with Gasteiger partial charge in [-0.25, -0.2) is 0 Å². The van der Waals surface area contributed by atoms with Gasteiger partial charge in [0.25, 0.3) is 0 Å². The van der Waals surface area contributed by atoms with Crippen molar-refractivity contribution in [2.75, 3.05) is 21.3 Å². The van der Waals surface area contributed by atoms with Gasteiger partial charge in [0, 0.05) is 24.6 Å². The minimum absolute atomic E-state index is 0.00346. The van der Waals surface area contributed by atoms with Crippen molar-refractivity contribution in [1.82, 2.24) is 0 Å². The van der Waals surface area contributed by atoms with E-state index in [0.717, 1.165) is 0 Å². The molecule has 0 fully saturated rings. The van der Waals surface area contributed by atoms with E-state index in [2.05, 4.69) is 0 Å². The number of hydrogen-bond acceptors (Lipinski definition) is 8. The van der Waals surface area contributed by atoms with Crippen molar-refractivity contribution >= 4 is 16.9 Å². The summed E-state index contributed by atoms with van der Waals surface area (Å²) >= 11 is 0. The summed E-state index contributed by atoms with van der Waals surface area (Å²) < 4.78 is 26.7. The third kappa shape index (κ3) is 3.32. The first-order chi connectivity index (χ1) is 13.4. The Labute approximate surface area is 159 Å². The number of benzene rings is 2. The molecule has 0 aliphatic rings. The Morgan fingerprint density at radius 2 is 1.75 bits per heavy atom. The van der Waals surface area contributed by atoms with Gasteiger partial charge in [-0.3, -0.25) is 9.59 Å². The number of phenols is 1. The van der Waals surface area contributed by atoms with Gasteiger partial charge >= 0.3 is 5.97 Å². The number of carbonyl (C=O) groups is 1. The van der Waals surface area contributed by atoms with E-state index in [9.17, 15) is 14.7 Å². The van der Waals surface area contributed by atoms with E-state index in [4.69, 9.17) is 23.4 Å². The fourth-order valence-electron chi connectivity index (χ4n) is 2.79. The van der Waals surface area contributed by atoms with Crippen LogP contribution in [0.25, 0.3) is 22.3 Å². The summed E-state index contributed by atoms with van der Waals surface area (Å²) in [5, 5.41) is 9.85. The average molecular weight is 386 g/mol. The molecule has 0 atom stereocenters. The summed E-state index contributed by atoms with van der Waals surface area (Å²) in [6.45, 7) is 1.22. The highest BCUT2D eigenvalue weighted by molar-refractivity contribution is 5.90. The second-order valence-corrected chi connectivity index (χ2v) is 5.77. The molecule has 0 saturated carbocycles. The summed E-state index contributed by atoms with van der Waals surface area (Å²) in [6.07, 6.45) is 0. The zero-order chi connectivity index (χ0) is 20.4. The maximum absolute atomic E-state index is 13.1. The Hall–Kier alpha value is -3.68. The van der Waals surface area contributed by atoms with Crippen molar-refractivity contribution in [3.8, 4) is 40.1 Å². The van der Waals surface area contributed by atoms with Crippen LogP contribution in [0, 0.1) is 0 Å². The molecule has 1 heterocycles. The molecule has 1 N–H and O–H groups in total. The topological polar surface area (TPSA) is 104 Å². The fraction of sp³-hybridized carbons (Fsp3) is 0.200. The number of esters is 1. The number of methoxy groups -OCH3 is 3. The Kier molecular flexibility index (Phi) is 5.12. The lowest BCUT2D eigenvalue weighted by Gasteiger charge is -2.13. The van der Waals surface area contributed by atoms with Gasteiger partial charge in [0.05, 0.1) is 21.3 Å². The first-order valence-corrected chi connectivity index (χ1v) is 8.18. The number of fused-ring (bicyclic) bond motifs is 1. The zero-order valence-corrected chi connectivity index (χ0v) is 15.7. The molecule has 8 nitrogen and oxygen atoms in total. The second kappa shape index (κ2) is 7.51. The lowest BCUT2D eigenvalue weighted by molar-refractivity contribution is -0.131. The summed E-state index contributed by atoms with van der Waals surface area (Å²) in [7, 11) is 4.17. The van der Waals surface area contributed by atoms with E-state index in [1.54, 1.807) is 6.07 Å². The van der Waals surface area contributed by atoms with E-state index in [1.165, 1.54) is 52.5 Å². The van der Waals surface area contributed by atoms with Crippen molar-refractivity contribution < 1.29 is 33.3 Å². The van der Waals surface area contributed by atoms with Gasteiger partial charge in [0.15, 0.2) is 17.3 Å². The van der Waals surface area contributed by atoms with Crippen LogP contribution >= 0.6 is 0 Å². The quantitative estimate of drug-likeness (QED) is 0.527. The molecule has 3 rings (SSSR count). The largest absolute Gasteiger partial charge is 0.504 e. The van der Waals surface area contributed by atoms with Gasteiger partial charge in [0.2, 0.25) is 11.2 Å². The van der Waals surface area contributed by atoms with Crippen LogP contribution in [0.3, 0.4) is 0 Å². The number of carbonyl (C=O) groups excluding carboxylic acids is 1. The second-order valence-electron chi connectivity index (χ2n) is 5.77. The molecule has 2 aromatic carbocycles. The first kappa shape index (κ1) is 19.1. The van der Waals surface area contributed by atoms with Crippen LogP contribution in [0.5, 0.6) is 28.7 Å². The van der Waals surface area contributed by atoms with Crippen molar-refractivity contribution in [3.63, 3.8) is 0 Å². The van der Waals surface area contributed by atoms with Crippen LogP contribution in [-0.2, 0) is 4.79 Å². The van der Waals surface area contributed by atoms with E-state index in [0.29, 0.717) is 11.3 Å². The normalized spacial score (nSPS) is 10.6. The van der Waals surface area contributed by atoms with E-state index >= 15 is 0 Å². The predicted octanol–water partition coefficient (Wildman–Crippen LogP) is 3.12. The molecule has 0 bridgehead atoms. The Morgan fingerprint density at radius 3 is 2.36 bits per heavy atom. The molecule has 0 aliphatic heterocycles. The third-order valence-corrected chi connectivity index (χ3v) is 4.03. The Balaban J connectivity index is 2.37. The smallest absolute Gasteiger partial charge is 0.308 e. The molecule has 0 spiro atoms. The van der Waals surface area contributed by atoms with Gasteiger partial charge < -0.3 is 28.5 Å². The highest BCUT2D eigenvalue weighted by Crippen LogP contribution is 2.38. The molecule has 0 saturated heterocycles. The summed E-state index contributed by atoms with van der Waals surface area (Å²) in [4.78, 5) is 24.5. The maximum Gasteiger partial charge on any atom is 0.308 e. The minimum Gasteiger partial charge on any atom is -0.504 e. The Bertz CT molecular complexity index is 1110. The number of phenolic OH excluding ortho intramolecular Hbond substituents is 1. The average Bonchev–Trinajstić information content (AvgIpc) is 2.67. The molecule has 3 aromatic rings. The molecule has 8 heteroatoms. The highest BCUT2D eigenvalue weighted by atomic mass is 16.5.